The maximum absolute atomic E-state index is 8.94. The SMILES string of the molecule is C/C=C(O)/C=C\C=C/C=C/C. The summed E-state index contributed by atoms with van der Waals surface area (Å²) >= 11 is 0. The normalized spacial score (nSPS) is 14.2. The van der Waals surface area contributed by atoms with Gasteiger partial charge in [0.15, 0.2) is 0 Å². The molecule has 0 saturated carbocycles. The zero-order valence-corrected chi connectivity index (χ0v) is 6.99. The lowest BCUT2D eigenvalue weighted by Crippen LogP contribution is -1.68. The zero-order chi connectivity index (χ0) is 8.53. The van der Waals surface area contributed by atoms with Crippen LogP contribution in [0.5, 0.6) is 0 Å². The Bertz CT molecular complexity index is 195. The topological polar surface area (TPSA) is 20.2 Å². The van der Waals surface area contributed by atoms with E-state index in [4.69, 9.17) is 5.11 Å². The number of rotatable bonds is 3. The van der Waals surface area contributed by atoms with Crippen LogP contribution >= 0.6 is 0 Å². The monoisotopic (exact) mass is 150 g/mol. The molecule has 0 aliphatic rings. The second-order valence-corrected chi connectivity index (χ2v) is 1.98. The second kappa shape index (κ2) is 6.87. The fourth-order valence-corrected chi connectivity index (χ4v) is 0.490. The van der Waals surface area contributed by atoms with Gasteiger partial charge in [-0.1, -0.05) is 30.4 Å². The molecule has 0 aromatic rings. The third-order valence-corrected chi connectivity index (χ3v) is 1.09. The van der Waals surface area contributed by atoms with Gasteiger partial charge in [0.1, 0.15) is 5.76 Å². The standard InChI is InChI=1S/C10H14O/c1-3-5-6-7-8-9-10(11)4-2/h3-9,11H,1-2H3/b5-3+,7-6-,9-8-,10-4-. The molecule has 0 atom stereocenters. The van der Waals surface area contributed by atoms with E-state index < -0.39 is 0 Å². The van der Waals surface area contributed by atoms with Gasteiger partial charge in [0.25, 0.3) is 0 Å². The van der Waals surface area contributed by atoms with E-state index in [2.05, 4.69) is 0 Å². The molecular formula is C10H14O. The quantitative estimate of drug-likeness (QED) is 0.484. The fraction of sp³-hybridized carbons (Fsp3) is 0.200. The Kier molecular flexibility index (Phi) is 6.10. The molecule has 1 heteroatoms. The Morgan fingerprint density at radius 3 is 2.18 bits per heavy atom. The first-order valence-corrected chi connectivity index (χ1v) is 3.62. The van der Waals surface area contributed by atoms with Gasteiger partial charge in [0.2, 0.25) is 0 Å². The van der Waals surface area contributed by atoms with E-state index in [1.807, 2.05) is 31.2 Å². The van der Waals surface area contributed by atoms with Gasteiger partial charge in [-0.15, -0.1) is 0 Å². The van der Waals surface area contributed by atoms with Gasteiger partial charge in [-0.2, -0.15) is 0 Å². The van der Waals surface area contributed by atoms with E-state index in [9.17, 15) is 0 Å². The van der Waals surface area contributed by atoms with E-state index in [1.165, 1.54) is 0 Å². The molecule has 60 valence electrons. The predicted octanol–water partition coefficient (Wildman–Crippen LogP) is 3.14. The van der Waals surface area contributed by atoms with Crippen LogP contribution in [-0.4, -0.2) is 5.11 Å². The molecule has 0 fully saturated rings. The van der Waals surface area contributed by atoms with Gasteiger partial charge in [-0.05, 0) is 26.0 Å². The molecule has 0 bridgehead atoms. The highest BCUT2D eigenvalue weighted by Gasteiger charge is 1.75. The Balaban J connectivity index is 3.77. The average molecular weight is 150 g/mol. The molecule has 0 unspecified atom stereocenters. The summed E-state index contributed by atoms with van der Waals surface area (Å²) in [5.74, 6) is 0.287. The van der Waals surface area contributed by atoms with Crippen molar-refractivity contribution in [3.8, 4) is 0 Å². The fourth-order valence-electron chi connectivity index (χ4n) is 0.490. The number of aliphatic hydroxyl groups excluding tert-OH is 1. The van der Waals surface area contributed by atoms with E-state index in [1.54, 1.807) is 25.2 Å². The van der Waals surface area contributed by atoms with Crippen LogP contribution in [0.25, 0.3) is 0 Å². The van der Waals surface area contributed by atoms with Crippen molar-refractivity contribution in [3.63, 3.8) is 0 Å². The number of hydrogen-bond acceptors (Lipinski definition) is 1. The first-order valence-electron chi connectivity index (χ1n) is 3.62. The van der Waals surface area contributed by atoms with Gasteiger partial charge in [-0.25, -0.2) is 0 Å². The van der Waals surface area contributed by atoms with Crippen molar-refractivity contribution in [2.45, 2.75) is 13.8 Å². The van der Waals surface area contributed by atoms with Gasteiger partial charge >= 0.3 is 0 Å². The zero-order valence-electron chi connectivity index (χ0n) is 6.99. The van der Waals surface area contributed by atoms with Crippen LogP contribution in [0.2, 0.25) is 0 Å². The molecule has 0 aliphatic heterocycles. The molecule has 0 aromatic heterocycles. The van der Waals surface area contributed by atoms with Crippen molar-refractivity contribution >= 4 is 0 Å². The van der Waals surface area contributed by atoms with E-state index >= 15 is 0 Å². The Hall–Kier alpha value is -1.24. The van der Waals surface area contributed by atoms with Crippen LogP contribution in [0.1, 0.15) is 13.8 Å². The molecule has 0 radical (unpaired) electrons. The van der Waals surface area contributed by atoms with Crippen molar-refractivity contribution < 1.29 is 5.11 Å². The minimum absolute atomic E-state index is 0.287. The molecule has 0 spiro atoms. The molecule has 0 rings (SSSR count). The maximum Gasteiger partial charge on any atom is 0.111 e. The number of hydrogen-bond donors (Lipinski definition) is 1. The molecule has 0 aliphatic carbocycles. The summed E-state index contributed by atoms with van der Waals surface area (Å²) in [7, 11) is 0. The molecule has 0 saturated heterocycles. The third kappa shape index (κ3) is 6.65. The van der Waals surface area contributed by atoms with Crippen LogP contribution in [-0.2, 0) is 0 Å². The molecule has 1 nitrogen and oxygen atoms in total. The molecule has 0 amide bonds. The minimum atomic E-state index is 0.287. The smallest absolute Gasteiger partial charge is 0.111 e. The Morgan fingerprint density at radius 2 is 1.64 bits per heavy atom. The van der Waals surface area contributed by atoms with Crippen LogP contribution in [0, 0.1) is 0 Å². The highest BCUT2D eigenvalue weighted by Crippen LogP contribution is 1.89. The van der Waals surface area contributed by atoms with E-state index in [0.717, 1.165) is 0 Å². The van der Waals surface area contributed by atoms with Gasteiger partial charge in [0.05, 0.1) is 0 Å². The summed E-state index contributed by atoms with van der Waals surface area (Å²) in [6.07, 6.45) is 12.7. The van der Waals surface area contributed by atoms with E-state index in [-0.39, 0.29) is 5.76 Å². The molecular weight excluding hydrogens is 136 g/mol. The van der Waals surface area contributed by atoms with Crippen molar-refractivity contribution in [2.75, 3.05) is 0 Å². The first-order chi connectivity index (χ1) is 5.31. The highest BCUT2D eigenvalue weighted by molar-refractivity contribution is 5.17. The molecule has 0 heterocycles. The summed E-state index contributed by atoms with van der Waals surface area (Å²) in [5, 5.41) is 8.94. The van der Waals surface area contributed by atoms with Crippen molar-refractivity contribution in [2.24, 2.45) is 0 Å². The van der Waals surface area contributed by atoms with Crippen LogP contribution in [0.4, 0.5) is 0 Å². The highest BCUT2D eigenvalue weighted by atomic mass is 16.3. The summed E-state index contributed by atoms with van der Waals surface area (Å²) in [6.45, 7) is 3.74. The summed E-state index contributed by atoms with van der Waals surface area (Å²) in [6, 6.07) is 0. The summed E-state index contributed by atoms with van der Waals surface area (Å²) < 4.78 is 0. The lowest BCUT2D eigenvalue weighted by Gasteiger charge is -1.83. The third-order valence-electron chi connectivity index (χ3n) is 1.09. The molecule has 1 N–H and O–H groups in total. The van der Waals surface area contributed by atoms with Crippen molar-refractivity contribution in [1.29, 1.82) is 0 Å². The van der Waals surface area contributed by atoms with Crippen molar-refractivity contribution in [1.82, 2.24) is 0 Å². The average Bonchev–Trinajstić information content (AvgIpc) is 2.04. The lowest BCUT2D eigenvalue weighted by molar-refractivity contribution is 0.431. The summed E-state index contributed by atoms with van der Waals surface area (Å²) in [5.41, 5.74) is 0. The predicted molar refractivity (Wildman–Crippen MR) is 49.5 cm³/mol. The van der Waals surface area contributed by atoms with Crippen LogP contribution < -0.4 is 0 Å². The largest absolute Gasteiger partial charge is 0.508 e. The van der Waals surface area contributed by atoms with Gasteiger partial charge in [-0.3, -0.25) is 0 Å². The van der Waals surface area contributed by atoms with Gasteiger partial charge in [0, 0.05) is 0 Å². The van der Waals surface area contributed by atoms with Gasteiger partial charge < -0.3 is 5.11 Å². The Labute approximate surface area is 68.1 Å². The minimum Gasteiger partial charge on any atom is -0.508 e. The molecule has 0 aromatic carbocycles. The Morgan fingerprint density at radius 1 is 1.00 bits per heavy atom. The first kappa shape index (κ1) is 9.76. The number of aliphatic hydroxyl groups is 1. The van der Waals surface area contributed by atoms with E-state index in [0.29, 0.717) is 0 Å². The molecule has 11 heavy (non-hydrogen) atoms. The number of allylic oxidation sites excluding steroid dienone is 7. The summed E-state index contributed by atoms with van der Waals surface area (Å²) in [4.78, 5) is 0. The lowest BCUT2D eigenvalue weighted by atomic mass is 10.3. The van der Waals surface area contributed by atoms with Crippen LogP contribution in [0.3, 0.4) is 0 Å². The maximum atomic E-state index is 8.94. The van der Waals surface area contributed by atoms with Crippen LogP contribution in [0.15, 0.2) is 48.3 Å². The second-order valence-electron chi connectivity index (χ2n) is 1.98. The van der Waals surface area contributed by atoms with Crippen molar-refractivity contribution in [3.05, 3.63) is 48.3 Å².